The number of fused-ring (bicyclic) bond motifs is 4. The Morgan fingerprint density at radius 2 is 1.12 bits per heavy atom. The molecule has 24 heavy (non-hydrogen) atoms. The summed E-state index contributed by atoms with van der Waals surface area (Å²) in [5, 5.41) is 5.06. The van der Waals surface area contributed by atoms with E-state index in [2.05, 4.69) is 105 Å². The number of hydrogen-bond donors (Lipinski definition) is 0. The third-order valence-electron chi connectivity index (χ3n) is 4.63. The molecule has 0 bridgehead atoms. The van der Waals surface area contributed by atoms with Crippen LogP contribution in [-0.4, -0.2) is 4.57 Å². The lowest BCUT2D eigenvalue weighted by atomic mass is 10.1. The van der Waals surface area contributed by atoms with Crippen LogP contribution in [0.1, 0.15) is 0 Å². The molecule has 0 aliphatic carbocycles. The van der Waals surface area contributed by atoms with Gasteiger partial charge in [0.25, 0.3) is 0 Å². The Bertz CT molecular complexity index is 1160. The van der Waals surface area contributed by atoms with Gasteiger partial charge in [0.1, 0.15) is 0 Å². The monoisotopic (exact) mass is 371 g/mol. The summed E-state index contributed by atoms with van der Waals surface area (Å²) in [5.74, 6) is 0. The summed E-state index contributed by atoms with van der Waals surface area (Å²) in [4.78, 5) is 0. The summed E-state index contributed by atoms with van der Waals surface area (Å²) in [6, 6.07) is 30.2. The number of halogens is 1. The van der Waals surface area contributed by atoms with Gasteiger partial charge in [0.15, 0.2) is 0 Å². The normalized spacial score (nSPS) is 11.5. The third-order valence-corrected chi connectivity index (χ3v) is 5.29. The second-order valence-corrected chi connectivity index (χ2v) is 6.87. The Hall–Kier alpha value is -2.58. The van der Waals surface area contributed by atoms with E-state index in [-0.39, 0.29) is 0 Å². The van der Waals surface area contributed by atoms with E-state index in [1.54, 1.807) is 0 Å². The van der Waals surface area contributed by atoms with E-state index in [1.807, 2.05) is 0 Å². The van der Waals surface area contributed by atoms with Crippen molar-refractivity contribution in [2.75, 3.05) is 0 Å². The van der Waals surface area contributed by atoms with E-state index in [9.17, 15) is 0 Å². The van der Waals surface area contributed by atoms with Crippen molar-refractivity contribution in [2.45, 2.75) is 0 Å². The Labute approximate surface area is 148 Å². The molecule has 0 fully saturated rings. The van der Waals surface area contributed by atoms with Crippen LogP contribution in [0.2, 0.25) is 0 Å². The summed E-state index contributed by atoms with van der Waals surface area (Å²) in [6.07, 6.45) is 0. The second kappa shape index (κ2) is 5.22. The summed E-state index contributed by atoms with van der Waals surface area (Å²) in [6.45, 7) is 0. The highest BCUT2D eigenvalue weighted by Crippen LogP contribution is 2.34. The Morgan fingerprint density at radius 1 is 0.583 bits per heavy atom. The minimum Gasteiger partial charge on any atom is -0.309 e. The average molecular weight is 372 g/mol. The minimum absolute atomic E-state index is 1.12. The number of benzene rings is 4. The van der Waals surface area contributed by atoms with E-state index in [0.717, 1.165) is 4.47 Å². The first-order chi connectivity index (χ1) is 11.8. The second-order valence-electron chi connectivity index (χ2n) is 6.02. The van der Waals surface area contributed by atoms with Crippen molar-refractivity contribution in [3.05, 3.63) is 89.4 Å². The quantitative estimate of drug-likeness (QED) is 0.309. The van der Waals surface area contributed by atoms with Gasteiger partial charge < -0.3 is 4.57 Å². The van der Waals surface area contributed by atoms with Gasteiger partial charge in [-0.25, -0.2) is 0 Å². The maximum absolute atomic E-state index is 3.75. The van der Waals surface area contributed by atoms with E-state index in [0.29, 0.717) is 0 Å². The maximum atomic E-state index is 3.75. The van der Waals surface area contributed by atoms with E-state index < -0.39 is 0 Å². The Kier molecular flexibility index (Phi) is 3.00. The van der Waals surface area contributed by atoms with Crippen LogP contribution in [0.15, 0.2) is 89.4 Å². The fourth-order valence-electron chi connectivity index (χ4n) is 3.58. The number of nitrogens with zero attached hydrogens (tertiary/aromatic N) is 1. The van der Waals surface area contributed by atoms with Gasteiger partial charge in [-0.2, -0.15) is 0 Å². The molecule has 2 heteroatoms. The van der Waals surface area contributed by atoms with Crippen molar-refractivity contribution >= 4 is 48.5 Å². The molecule has 4 aromatic carbocycles. The smallest absolute Gasteiger partial charge is 0.0541 e. The fourth-order valence-corrected chi connectivity index (χ4v) is 4.17. The predicted octanol–water partition coefficient (Wildman–Crippen LogP) is 6.70. The SMILES string of the molecule is Brc1cc(-n2c3ccccc3c3ccccc32)cc2ccccc12. The summed E-state index contributed by atoms with van der Waals surface area (Å²) in [7, 11) is 0. The molecule has 0 saturated carbocycles. The van der Waals surface area contributed by atoms with Crippen molar-refractivity contribution in [1.82, 2.24) is 4.57 Å². The van der Waals surface area contributed by atoms with Crippen molar-refractivity contribution in [3.63, 3.8) is 0 Å². The number of hydrogen-bond acceptors (Lipinski definition) is 0. The highest BCUT2D eigenvalue weighted by atomic mass is 79.9. The molecule has 0 spiro atoms. The van der Waals surface area contributed by atoms with Crippen LogP contribution in [0, 0.1) is 0 Å². The molecule has 5 aromatic rings. The average Bonchev–Trinajstić information content (AvgIpc) is 2.96. The van der Waals surface area contributed by atoms with Crippen LogP contribution < -0.4 is 0 Å². The first-order valence-corrected chi connectivity index (χ1v) is 8.79. The molecule has 1 heterocycles. The van der Waals surface area contributed by atoms with Crippen LogP contribution >= 0.6 is 15.9 Å². The lowest BCUT2D eigenvalue weighted by Gasteiger charge is -2.10. The molecule has 0 N–H and O–H groups in total. The number of para-hydroxylation sites is 2. The number of rotatable bonds is 1. The van der Waals surface area contributed by atoms with Gasteiger partial charge in [-0.3, -0.25) is 0 Å². The van der Waals surface area contributed by atoms with Crippen molar-refractivity contribution < 1.29 is 0 Å². The van der Waals surface area contributed by atoms with Gasteiger partial charge in [0, 0.05) is 20.9 Å². The molecular weight excluding hydrogens is 358 g/mol. The van der Waals surface area contributed by atoms with E-state index in [1.165, 1.54) is 38.3 Å². The first kappa shape index (κ1) is 13.8. The Morgan fingerprint density at radius 3 is 1.79 bits per heavy atom. The zero-order valence-electron chi connectivity index (χ0n) is 12.9. The zero-order valence-corrected chi connectivity index (χ0v) is 14.5. The summed E-state index contributed by atoms with van der Waals surface area (Å²) in [5.41, 5.74) is 3.65. The molecule has 1 nitrogen and oxygen atoms in total. The highest BCUT2D eigenvalue weighted by Gasteiger charge is 2.12. The standard InChI is InChI=1S/C22H14BrN/c23-20-14-16(13-15-7-1-2-8-17(15)20)24-21-11-5-3-9-18(21)19-10-4-6-12-22(19)24/h1-14H. The lowest BCUT2D eigenvalue weighted by Crippen LogP contribution is -1.94. The van der Waals surface area contributed by atoms with E-state index in [4.69, 9.17) is 0 Å². The van der Waals surface area contributed by atoms with Gasteiger partial charge in [-0.15, -0.1) is 0 Å². The van der Waals surface area contributed by atoms with Gasteiger partial charge in [0.05, 0.1) is 11.0 Å². The van der Waals surface area contributed by atoms with Crippen molar-refractivity contribution in [3.8, 4) is 5.69 Å². The molecule has 114 valence electrons. The highest BCUT2D eigenvalue weighted by molar-refractivity contribution is 9.10. The van der Waals surface area contributed by atoms with Crippen LogP contribution in [0.25, 0.3) is 38.3 Å². The topological polar surface area (TPSA) is 4.93 Å². The molecule has 0 amide bonds. The molecular formula is C22H14BrN. The molecule has 0 aliphatic heterocycles. The third kappa shape index (κ3) is 1.93. The largest absolute Gasteiger partial charge is 0.309 e. The van der Waals surface area contributed by atoms with Crippen LogP contribution in [0.4, 0.5) is 0 Å². The van der Waals surface area contributed by atoms with Crippen LogP contribution in [-0.2, 0) is 0 Å². The molecule has 0 unspecified atom stereocenters. The number of aromatic nitrogens is 1. The maximum Gasteiger partial charge on any atom is 0.0541 e. The molecule has 5 rings (SSSR count). The predicted molar refractivity (Wildman–Crippen MR) is 106 cm³/mol. The first-order valence-electron chi connectivity index (χ1n) is 8.00. The zero-order chi connectivity index (χ0) is 16.1. The molecule has 0 atom stereocenters. The molecule has 0 saturated heterocycles. The molecule has 0 radical (unpaired) electrons. The lowest BCUT2D eigenvalue weighted by molar-refractivity contribution is 1.18. The van der Waals surface area contributed by atoms with Crippen LogP contribution in [0.3, 0.4) is 0 Å². The van der Waals surface area contributed by atoms with Crippen molar-refractivity contribution in [2.24, 2.45) is 0 Å². The minimum atomic E-state index is 1.12. The fraction of sp³-hybridized carbons (Fsp3) is 0. The van der Waals surface area contributed by atoms with Crippen molar-refractivity contribution in [1.29, 1.82) is 0 Å². The van der Waals surface area contributed by atoms with E-state index >= 15 is 0 Å². The van der Waals surface area contributed by atoms with Gasteiger partial charge in [-0.1, -0.05) is 76.6 Å². The Balaban J connectivity index is 1.95. The summed E-state index contributed by atoms with van der Waals surface area (Å²) < 4.78 is 3.47. The van der Waals surface area contributed by atoms with Gasteiger partial charge >= 0.3 is 0 Å². The van der Waals surface area contributed by atoms with Gasteiger partial charge in [-0.05, 0) is 35.0 Å². The molecule has 1 aromatic heterocycles. The summed E-state index contributed by atoms with van der Waals surface area (Å²) >= 11 is 3.75. The van der Waals surface area contributed by atoms with Gasteiger partial charge in [0.2, 0.25) is 0 Å². The molecule has 0 aliphatic rings. The van der Waals surface area contributed by atoms with Crippen LogP contribution in [0.5, 0.6) is 0 Å².